The molecule has 0 spiro atoms. The number of hydrogen-bond donors (Lipinski definition) is 2. The van der Waals surface area contributed by atoms with Gasteiger partial charge in [0.1, 0.15) is 5.76 Å². The number of likely N-dealkylation sites (tertiary alicyclic amines) is 1. The number of carbonyl (C=O) groups is 3. The van der Waals surface area contributed by atoms with Crippen molar-refractivity contribution in [1.29, 1.82) is 0 Å². The Labute approximate surface area is 157 Å². The minimum Gasteiger partial charge on any atom is -0.467 e. The van der Waals surface area contributed by atoms with Crippen molar-refractivity contribution in [2.24, 2.45) is 5.92 Å². The first-order valence-corrected chi connectivity index (χ1v) is 8.95. The Bertz CT molecular complexity index is 830. The van der Waals surface area contributed by atoms with E-state index in [-0.39, 0.29) is 36.7 Å². The minimum absolute atomic E-state index is 0.0189. The number of benzene rings is 1. The van der Waals surface area contributed by atoms with Gasteiger partial charge in [-0.2, -0.15) is 0 Å². The Kier molecular flexibility index (Phi) is 5.59. The Balaban J connectivity index is 1.66. The lowest BCUT2D eigenvalue weighted by molar-refractivity contribution is -0.129. The summed E-state index contributed by atoms with van der Waals surface area (Å²) in [5, 5.41) is 5.57. The van der Waals surface area contributed by atoms with Crippen molar-refractivity contribution in [1.82, 2.24) is 10.2 Å². The number of hydrogen-bond acceptors (Lipinski definition) is 4. The van der Waals surface area contributed by atoms with Crippen molar-refractivity contribution in [3.8, 4) is 0 Å². The fourth-order valence-corrected chi connectivity index (χ4v) is 3.11. The third kappa shape index (κ3) is 4.36. The van der Waals surface area contributed by atoms with E-state index in [0.29, 0.717) is 23.6 Å². The molecular formula is C20H23N3O4. The molecular weight excluding hydrogens is 346 g/mol. The van der Waals surface area contributed by atoms with Crippen LogP contribution in [0.15, 0.2) is 47.1 Å². The van der Waals surface area contributed by atoms with Crippen LogP contribution in [0, 0.1) is 5.92 Å². The molecule has 1 aliphatic rings. The molecule has 0 radical (unpaired) electrons. The Hall–Kier alpha value is -3.09. The molecule has 0 aliphatic carbocycles. The molecule has 0 saturated carbocycles. The summed E-state index contributed by atoms with van der Waals surface area (Å²) >= 11 is 0. The standard InChI is InChI=1S/C20H23N3O4/c1-13(2)23-12-14(10-18(23)24)19(25)22-17-8-4-3-7-16(17)20(26)21-11-15-6-5-9-27-15/h3-9,13-14H,10-12H2,1-2H3,(H,21,26)(H,22,25). The van der Waals surface area contributed by atoms with Gasteiger partial charge < -0.3 is 20.0 Å². The smallest absolute Gasteiger partial charge is 0.253 e. The van der Waals surface area contributed by atoms with Crippen LogP contribution < -0.4 is 10.6 Å². The third-order valence-electron chi connectivity index (χ3n) is 4.59. The van der Waals surface area contributed by atoms with Gasteiger partial charge in [-0.3, -0.25) is 14.4 Å². The van der Waals surface area contributed by atoms with Crippen molar-refractivity contribution < 1.29 is 18.8 Å². The molecule has 1 aliphatic heterocycles. The Morgan fingerprint density at radius 3 is 2.67 bits per heavy atom. The molecule has 7 nitrogen and oxygen atoms in total. The van der Waals surface area contributed by atoms with Crippen molar-refractivity contribution in [3.05, 3.63) is 54.0 Å². The SMILES string of the molecule is CC(C)N1CC(C(=O)Nc2ccccc2C(=O)NCc2ccco2)CC1=O. The quantitative estimate of drug-likeness (QED) is 0.818. The molecule has 1 fully saturated rings. The maximum atomic E-state index is 12.6. The van der Waals surface area contributed by atoms with E-state index in [1.165, 1.54) is 0 Å². The highest BCUT2D eigenvalue weighted by molar-refractivity contribution is 6.05. The lowest BCUT2D eigenvalue weighted by atomic mass is 10.1. The normalized spacial score (nSPS) is 16.6. The molecule has 1 aromatic carbocycles. The first-order valence-electron chi connectivity index (χ1n) is 8.95. The number of amides is 3. The highest BCUT2D eigenvalue weighted by Gasteiger charge is 2.35. The molecule has 7 heteroatoms. The summed E-state index contributed by atoms with van der Waals surface area (Å²) in [5.41, 5.74) is 0.789. The van der Waals surface area contributed by atoms with E-state index in [0.717, 1.165) is 0 Å². The first kappa shape index (κ1) is 18.7. The Morgan fingerprint density at radius 2 is 2.00 bits per heavy atom. The molecule has 1 aromatic heterocycles. The fraction of sp³-hybridized carbons (Fsp3) is 0.350. The molecule has 0 bridgehead atoms. The highest BCUT2D eigenvalue weighted by Crippen LogP contribution is 2.23. The van der Waals surface area contributed by atoms with Gasteiger partial charge in [0.05, 0.1) is 30.0 Å². The number of nitrogens with one attached hydrogen (secondary N) is 2. The van der Waals surface area contributed by atoms with Gasteiger partial charge in [-0.15, -0.1) is 0 Å². The predicted octanol–water partition coefficient (Wildman–Crippen LogP) is 2.41. The maximum absolute atomic E-state index is 12.6. The predicted molar refractivity (Wildman–Crippen MR) is 99.9 cm³/mol. The van der Waals surface area contributed by atoms with E-state index < -0.39 is 5.92 Å². The minimum atomic E-state index is -0.417. The van der Waals surface area contributed by atoms with Crippen LogP contribution in [0.3, 0.4) is 0 Å². The number of furan rings is 1. The van der Waals surface area contributed by atoms with Gasteiger partial charge in [0, 0.05) is 19.0 Å². The van der Waals surface area contributed by atoms with E-state index in [4.69, 9.17) is 4.42 Å². The average molecular weight is 369 g/mol. The lowest BCUT2D eigenvalue weighted by Crippen LogP contribution is -2.33. The molecule has 142 valence electrons. The van der Waals surface area contributed by atoms with Crippen molar-refractivity contribution in [2.45, 2.75) is 32.9 Å². The summed E-state index contributed by atoms with van der Waals surface area (Å²) in [4.78, 5) is 38.8. The van der Waals surface area contributed by atoms with Gasteiger partial charge in [-0.1, -0.05) is 12.1 Å². The largest absolute Gasteiger partial charge is 0.467 e. The van der Waals surface area contributed by atoms with E-state index >= 15 is 0 Å². The zero-order chi connectivity index (χ0) is 19.4. The van der Waals surface area contributed by atoms with Crippen LogP contribution in [0.4, 0.5) is 5.69 Å². The van der Waals surface area contributed by atoms with E-state index in [1.54, 1.807) is 47.6 Å². The van der Waals surface area contributed by atoms with Gasteiger partial charge in [0.15, 0.2) is 0 Å². The number of para-hydroxylation sites is 1. The third-order valence-corrected chi connectivity index (χ3v) is 4.59. The summed E-state index contributed by atoms with van der Waals surface area (Å²) in [5.74, 6) is -0.358. The van der Waals surface area contributed by atoms with Gasteiger partial charge in [0.2, 0.25) is 11.8 Å². The molecule has 1 atom stereocenters. The summed E-state index contributed by atoms with van der Waals surface area (Å²) < 4.78 is 5.20. The molecule has 1 unspecified atom stereocenters. The molecule has 1 saturated heterocycles. The van der Waals surface area contributed by atoms with Crippen LogP contribution in [-0.4, -0.2) is 35.2 Å². The van der Waals surface area contributed by atoms with E-state index in [1.807, 2.05) is 13.8 Å². The molecule has 27 heavy (non-hydrogen) atoms. The highest BCUT2D eigenvalue weighted by atomic mass is 16.3. The molecule has 3 amide bonds. The zero-order valence-corrected chi connectivity index (χ0v) is 15.4. The second-order valence-electron chi connectivity index (χ2n) is 6.84. The van der Waals surface area contributed by atoms with Crippen molar-refractivity contribution in [3.63, 3.8) is 0 Å². The van der Waals surface area contributed by atoms with Gasteiger partial charge in [-0.25, -0.2) is 0 Å². The molecule has 3 rings (SSSR count). The lowest BCUT2D eigenvalue weighted by Gasteiger charge is -2.20. The number of anilines is 1. The molecule has 2 aromatic rings. The van der Waals surface area contributed by atoms with Crippen LogP contribution in [0.1, 0.15) is 36.4 Å². The van der Waals surface area contributed by atoms with E-state index in [2.05, 4.69) is 10.6 Å². The Morgan fingerprint density at radius 1 is 1.22 bits per heavy atom. The van der Waals surface area contributed by atoms with Crippen LogP contribution >= 0.6 is 0 Å². The van der Waals surface area contributed by atoms with Crippen LogP contribution in [-0.2, 0) is 16.1 Å². The fourth-order valence-electron chi connectivity index (χ4n) is 3.11. The van der Waals surface area contributed by atoms with E-state index in [9.17, 15) is 14.4 Å². The van der Waals surface area contributed by atoms with Gasteiger partial charge in [-0.05, 0) is 38.1 Å². The van der Waals surface area contributed by atoms with Crippen molar-refractivity contribution in [2.75, 3.05) is 11.9 Å². The van der Waals surface area contributed by atoms with Crippen LogP contribution in [0.5, 0.6) is 0 Å². The van der Waals surface area contributed by atoms with Crippen LogP contribution in [0.2, 0.25) is 0 Å². The zero-order valence-electron chi connectivity index (χ0n) is 15.4. The summed E-state index contributed by atoms with van der Waals surface area (Å²) in [6.07, 6.45) is 1.73. The first-order chi connectivity index (χ1) is 13.0. The number of carbonyl (C=O) groups excluding carboxylic acids is 3. The monoisotopic (exact) mass is 369 g/mol. The van der Waals surface area contributed by atoms with Gasteiger partial charge in [0.25, 0.3) is 5.91 Å². The number of nitrogens with zero attached hydrogens (tertiary/aromatic N) is 1. The van der Waals surface area contributed by atoms with Gasteiger partial charge >= 0.3 is 0 Å². The summed E-state index contributed by atoms with van der Waals surface area (Å²) in [6, 6.07) is 10.4. The summed E-state index contributed by atoms with van der Waals surface area (Å²) in [6.45, 7) is 4.51. The average Bonchev–Trinajstić information content (AvgIpc) is 3.29. The molecule has 2 heterocycles. The van der Waals surface area contributed by atoms with Crippen molar-refractivity contribution >= 4 is 23.4 Å². The van der Waals surface area contributed by atoms with Crippen LogP contribution in [0.25, 0.3) is 0 Å². The summed E-state index contributed by atoms with van der Waals surface area (Å²) in [7, 11) is 0. The second kappa shape index (κ2) is 8.07. The molecule has 2 N–H and O–H groups in total. The maximum Gasteiger partial charge on any atom is 0.253 e. The second-order valence-corrected chi connectivity index (χ2v) is 6.84. The topological polar surface area (TPSA) is 91.7 Å². The number of rotatable bonds is 6.